The van der Waals surface area contributed by atoms with Crippen LogP contribution in [0.5, 0.6) is 0 Å². The van der Waals surface area contributed by atoms with Crippen molar-refractivity contribution in [3.05, 3.63) is 39.4 Å². The van der Waals surface area contributed by atoms with Gasteiger partial charge in [-0.15, -0.1) is 0 Å². The van der Waals surface area contributed by atoms with Crippen LogP contribution in [-0.4, -0.2) is 16.9 Å². The van der Waals surface area contributed by atoms with Crippen LogP contribution in [-0.2, 0) is 11.3 Å². The topological polar surface area (TPSA) is 98.3 Å². The lowest BCUT2D eigenvalue weighted by Gasteiger charge is -2.12. The summed E-state index contributed by atoms with van der Waals surface area (Å²) < 4.78 is 26.5. The summed E-state index contributed by atoms with van der Waals surface area (Å²) in [6.07, 6.45) is 0.0465. The molecule has 0 spiro atoms. The minimum absolute atomic E-state index is 0.0465. The monoisotopic (exact) mass is 273 g/mol. The Bertz CT molecular complexity index is 508. The number of nitrogens with two attached hydrogens (primary N) is 1. The highest BCUT2D eigenvalue weighted by molar-refractivity contribution is 5.74. The van der Waals surface area contributed by atoms with Gasteiger partial charge >= 0.3 is 5.69 Å². The summed E-state index contributed by atoms with van der Waals surface area (Å²) >= 11 is 0. The second kappa shape index (κ2) is 6.19. The van der Waals surface area contributed by atoms with Crippen molar-refractivity contribution < 1.29 is 18.5 Å². The van der Waals surface area contributed by atoms with E-state index in [9.17, 15) is 23.7 Å². The third-order valence-electron chi connectivity index (χ3n) is 2.46. The molecule has 104 valence electrons. The van der Waals surface area contributed by atoms with Crippen LogP contribution in [0.25, 0.3) is 0 Å². The molecule has 3 N–H and O–H groups in total. The molecule has 1 atom stereocenters. The van der Waals surface area contributed by atoms with Crippen molar-refractivity contribution in [2.75, 3.05) is 0 Å². The van der Waals surface area contributed by atoms with Crippen LogP contribution in [0.3, 0.4) is 0 Å². The second-order valence-corrected chi connectivity index (χ2v) is 4.10. The maximum atomic E-state index is 13.4. The molecule has 0 aliphatic rings. The Morgan fingerprint density at radius 3 is 2.63 bits per heavy atom. The number of benzene rings is 1. The molecule has 0 radical (unpaired) electrons. The largest absolute Gasteiger partial charge is 0.370 e. The fourth-order valence-electron chi connectivity index (χ4n) is 1.51. The molecule has 6 nitrogen and oxygen atoms in total. The molecule has 0 bridgehead atoms. The second-order valence-electron chi connectivity index (χ2n) is 4.10. The molecule has 0 aliphatic carbocycles. The van der Waals surface area contributed by atoms with Gasteiger partial charge in [0.15, 0.2) is 0 Å². The van der Waals surface area contributed by atoms with Crippen LogP contribution < -0.4 is 11.1 Å². The van der Waals surface area contributed by atoms with E-state index in [1.807, 2.05) is 0 Å². The summed E-state index contributed by atoms with van der Waals surface area (Å²) in [5.74, 6) is -2.64. The zero-order valence-electron chi connectivity index (χ0n) is 10.2. The lowest BCUT2D eigenvalue weighted by molar-refractivity contribution is -0.387. The van der Waals surface area contributed by atoms with Gasteiger partial charge in [0.05, 0.1) is 4.92 Å². The molecule has 19 heavy (non-hydrogen) atoms. The average molecular weight is 273 g/mol. The Balaban J connectivity index is 2.81. The van der Waals surface area contributed by atoms with Gasteiger partial charge in [0.2, 0.25) is 11.7 Å². The first-order valence-corrected chi connectivity index (χ1v) is 5.45. The molecule has 0 aliphatic heterocycles. The summed E-state index contributed by atoms with van der Waals surface area (Å²) in [6, 6.07) is 0.976. The van der Waals surface area contributed by atoms with E-state index in [1.165, 1.54) is 0 Å². The lowest BCUT2D eigenvalue weighted by Crippen LogP contribution is -2.30. The zero-order valence-corrected chi connectivity index (χ0v) is 10.2. The number of primary amides is 1. The molecule has 0 aromatic heterocycles. The van der Waals surface area contributed by atoms with E-state index in [-0.39, 0.29) is 24.6 Å². The molecule has 8 heteroatoms. The number of carbonyl (C=O) groups is 1. The molecule has 0 fully saturated rings. The van der Waals surface area contributed by atoms with E-state index in [4.69, 9.17) is 5.73 Å². The van der Waals surface area contributed by atoms with Gasteiger partial charge in [-0.25, -0.2) is 4.39 Å². The van der Waals surface area contributed by atoms with Crippen LogP contribution in [0, 0.1) is 21.7 Å². The molecule has 0 heterocycles. The van der Waals surface area contributed by atoms with Crippen molar-refractivity contribution in [1.82, 2.24) is 5.32 Å². The van der Waals surface area contributed by atoms with Gasteiger partial charge < -0.3 is 11.1 Å². The lowest BCUT2D eigenvalue weighted by atomic mass is 10.1. The van der Waals surface area contributed by atoms with Crippen molar-refractivity contribution in [2.24, 2.45) is 5.73 Å². The summed E-state index contributed by atoms with van der Waals surface area (Å²) in [4.78, 5) is 20.3. The molecule has 1 amide bonds. The fraction of sp³-hybridized carbons (Fsp3) is 0.364. The Kier molecular flexibility index (Phi) is 4.87. The standard InChI is InChI=1S/C11H13F2N3O3/c1-6(2-11(14)17)15-5-7-3-10(16(18)19)9(13)4-8(7)12/h3-4,6,15H,2,5H2,1H3,(H2,14,17). The average Bonchev–Trinajstić information content (AvgIpc) is 2.26. The third-order valence-corrected chi connectivity index (χ3v) is 2.46. The zero-order chi connectivity index (χ0) is 14.6. The van der Waals surface area contributed by atoms with E-state index in [2.05, 4.69) is 5.32 Å². The van der Waals surface area contributed by atoms with E-state index >= 15 is 0 Å². The Hall–Kier alpha value is -2.09. The normalized spacial score (nSPS) is 12.2. The SMILES string of the molecule is CC(CC(N)=O)NCc1cc([N+](=O)[O-])c(F)cc1F. The van der Waals surface area contributed by atoms with Crippen molar-refractivity contribution in [1.29, 1.82) is 0 Å². The number of nitrogens with zero attached hydrogens (tertiary/aromatic N) is 1. The molecule has 1 unspecified atom stereocenters. The summed E-state index contributed by atoms with van der Waals surface area (Å²) in [5.41, 5.74) is 4.14. The first-order chi connectivity index (χ1) is 8.81. The van der Waals surface area contributed by atoms with Gasteiger partial charge in [0.25, 0.3) is 0 Å². The predicted octanol–water partition coefficient (Wildman–Crippen LogP) is 1.23. The number of nitrogens with one attached hydrogen (secondary N) is 1. The smallest absolute Gasteiger partial charge is 0.305 e. The van der Waals surface area contributed by atoms with E-state index in [1.54, 1.807) is 6.92 Å². The molecular weight excluding hydrogens is 260 g/mol. The molecule has 0 saturated heterocycles. The highest BCUT2D eigenvalue weighted by atomic mass is 19.1. The summed E-state index contributed by atoms with van der Waals surface area (Å²) in [7, 11) is 0. The van der Waals surface area contributed by atoms with Gasteiger partial charge in [0.1, 0.15) is 5.82 Å². The Morgan fingerprint density at radius 1 is 1.47 bits per heavy atom. The number of hydrogen-bond acceptors (Lipinski definition) is 4. The highest BCUT2D eigenvalue weighted by Gasteiger charge is 2.18. The summed E-state index contributed by atoms with van der Waals surface area (Å²) in [5, 5.41) is 13.3. The molecule has 1 rings (SSSR count). The fourth-order valence-corrected chi connectivity index (χ4v) is 1.51. The highest BCUT2D eigenvalue weighted by Crippen LogP contribution is 2.21. The maximum Gasteiger partial charge on any atom is 0.305 e. The van der Waals surface area contributed by atoms with Crippen molar-refractivity contribution in [2.45, 2.75) is 25.9 Å². The third kappa shape index (κ3) is 4.25. The predicted molar refractivity (Wildman–Crippen MR) is 63.1 cm³/mol. The van der Waals surface area contributed by atoms with Gasteiger partial charge in [0, 0.05) is 36.7 Å². The number of rotatable bonds is 6. The first-order valence-electron chi connectivity index (χ1n) is 5.45. The molecular formula is C11H13F2N3O3. The van der Waals surface area contributed by atoms with Crippen LogP contribution in [0.4, 0.5) is 14.5 Å². The van der Waals surface area contributed by atoms with E-state index in [0.29, 0.717) is 6.07 Å². The number of nitro benzene ring substituents is 1. The Morgan fingerprint density at radius 2 is 2.11 bits per heavy atom. The van der Waals surface area contributed by atoms with Crippen LogP contribution in [0.2, 0.25) is 0 Å². The molecule has 1 aromatic rings. The number of halogens is 2. The van der Waals surface area contributed by atoms with Crippen molar-refractivity contribution in [3.8, 4) is 0 Å². The Labute approximate surface area is 107 Å². The number of amides is 1. The van der Waals surface area contributed by atoms with Crippen LogP contribution in [0.15, 0.2) is 12.1 Å². The van der Waals surface area contributed by atoms with Gasteiger partial charge in [-0.1, -0.05) is 0 Å². The molecule has 1 aromatic carbocycles. The minimum atomic E-state index is -1.23. The number of hydrogen-bond donors (Lipinski definition) is 2. The van der Waals surface area contributed by atoms with Crippen molar-refractivity contribution in [3.63, 3.8) is 0 Å². The van der Waals surface area contributed by atoms with Crippen LogP contribution in [0.1, 0.15) is 18.9 Å². The first kappa shape index (κ1) is 15.0. The quantitative estimate of drug-likeness (QED) is 0.601. The summed E-state index contributed by atoms with van der Waals surface area (Å²) in [6.45, 7) is 1.59. The number of carbonyl (C=O) groups excluding carboxylic acids is 1. The van der Waals surface area contributed by atoms with Gasteiger partial charge in [-0.05, 0) is 6.92 Å². The van der Waals surface area contributed by atoms with Gasteiger partial charge in [-0.3, -0.25) is 14.9 Å². The maximum absolute atomic E-state index is 13.4. The van der Waals surface area contributed by atoms with Crippen LogP contribution >= 0.6 is 0 Å². The molecule has 0 saturated carbocycles. The van der Waals surface area contributed by atoms with E-state index < -0.39 is 28.2 Å². The van der Waals surface area contributed by atoms with E-state index in [0.717, 1.165) is 6.07 Å². The number of nitro groups is 1. The minimum Gasteiger partial charge on any atom is -0.370 e. The van der Waals surface area contributed by atoms with Crippen molar-refractivity contribution >= 4 is 11.6 Å². The van der Waals surface area contributed by atoms with Gasteiger partial charge in [-0.2, -0.15) is 4.39 Å².